The van der Waals surface area contributed by atoms with Crippen LogP contribution in [0.25, 0.3) is 0 Å². The quantitative estimate of drug-likeness (QED) is 0.562. The molecule has 0 saturated carbocycles. The Morgan fingerprint density at radius 3 is 2.29 bits per heavy atom. The number of likely N-dealkylation sites (tertiary alicyclic amines) is 1. The van der Waals surface area contributed by atoms with Crippen molar-refractivity contribution in [3.05, 3.63) is 23.0 Å². The van der Waals surface area contributed by atoms with E-state index in [9.17, 15) is 9.59 Å². The monoisotopic (exact) mass is 211 g/mol. The van der Waals surface area contributed by atoms with Crippen LogP contribution in [0.3, 0.4) is 0 Å². The fraction of sp³-hybridized carbons (Fsp3) is 0.400. The number of imide groups is 1. The highest BCUT2D eigenvalue weighted by molar-refractivity contribution is 8.22. The fourth-order valence-corrected chi connectivity index (χ4v) is 3.08. The number of carbonyl (C=O) groups is 2. The number of hydrogen-bond acceptors (Lipinski definition) is 2. The highest BCUT2D eigenvalue weighted by atomic mass is 32.2. The van der Waals surface area contributed by atoms with Crippen LogP contribution >= 0.6 is 10.9 Å². The molecule has 0 spiro atoms. The third-order valence-electron chi connectivity index (χ3n) is 2.40. The number of hydrogen-bond donors (Lipinski definition) is 1. The summed E-state index contributed by atoms with van der Waals surface area (Å²) < 4.78 is 0. The molecular formula is C10H13NO2S. The number of nitrogens with zero attached hydrogens (tertiary/aromatic N) is 1. The van der Waals surface area contributed by atoms with Crippen molar-refractivity contribution in [2.75, 3.05) is 12.3 Å². The molecule has 2 amide bonds. The molecule has 0 aromatic carbocycles. The molecule has 2 rings (SSSR count). The van der Waals surface area contributed by atoms with Gasteiger partial charge in [-0.05, 0) is 16.6 Å². The van der Waals surface area contributed by atoms with E-state index in [-0.39, 0.29) is 22.7 Å². The second-order valence-corrected chi connectivity index (χ2v) is 5.43. The minimum absolute atomic E-state index is 0.00263. The maximum absolute atomic E-state index is 11.3. The van der Waals surface area contributed by atoms with Crippen molar-refractivity contribution in [1.29, 1.82) is 0 Å². The minimum Gasteiger partial charge on any atom is -0.282 e. The van der Waals surface area contributed by atoms with Crippen molar-refractivity contribution in [1.82, 2.24) is 4.90 Å². The molecule has 4 heteroatoms. The third-order valence-corrected chi connectivity index (χ3v) is 4.23. The van der Waals surface area contributed by atoms with Crippen molar-refractivity contribution in [3.8, 4) is 0 Å². The van der Waals surface area contributed by atoms with Gasteiger partial charge in [0.2, 0.25) is 11.8 Å². The Morgan fingerprint density at radius 2 is 1.71 bits per heavy atom. The molecule has 0 atom stereocenters. The average Bonchev–Trinajstić information content (AvgIpc) is 2.76. The fourth-order valence-electron chi connectivity index (χ4n) is 1.61. The van der Waals surface area contributed by atoms with Gasteiger partial charge in [-0.1, -0.05) is 12.2 Å². The summed E-state index contributed by atoms with van der Waals surface area (Å²) in [5, 5.41) is 4.31. The molecule has 1 saturated heterocycles. The van der Waals surface area contributed by atoms with Crippen molar-refractivity contribution in [2.24, 2.45) is 0 Å². The van der Waals surface area contributed by atoms with Crippen LogP contribution in [0.5, 0.6) is 0 Å². The van der Waals surface area contributed by atoms with Gasteiger partial charge in [0, 0.05) is 19.4 Å². The molecule has 0 aliphatic carbocycles. The van der Waals surface area contributed by atoms with Crippen LogP contribution in [0.1, 0.15) is 12.8 Å². The van der Waals surface area contributed by atoms with Crippen molar-refractivity contribution < 1.29 is 9.59 Å². The molecule has 2 heterocycles. The van der Waals surface area contributed by atoms with E-state index in [0.717, 1.165) is 5.75 Å². The van der Waals surface area contributed by atoms with E-state index in [1.165, 1.54) is 4.90 Å². The number of thiol groups is 1. The van der Waals surface area contributed by atoms with Gasteiger partial charge in [0.1, 0.15) is 0 Å². The Morgan fingerprint density at radius 1 is 1.14 bits per heavy atom. The van der Waals surface area contributed by atoms with E-state index in [1.54, 1.807) is 0 Å². The van der Waals surface area contributed by atoms with Gasteiger partial charge < -0.3 is 0 Å². The zero-order valence-electron chi connectivity index (χ0n) is 7.85. The van der Waals surface area contributed by atoms with Crippen LogP contribution in [-0.2, 0) is 9.59 Å². The number of amides is 2. The van der Waals surface area contributed by atoms with Gasteiger partial charge in [-0.3, -0.25) is 14.5 Å². The highest BCUT2D eigenvalue weighted by Gasteiger charge is 2.28. The first kappa shape index (κ1) is 9.52. The van der Waals surface area contributed by atoms with Crippen LogP contribution in [0.2, 0.25) is 0 Å². The van der Waals surface area contributed by atoms with Crippen molar-refractivity contribution in [2.45, 2.75) is 12.8 Å². The summed E-state index contributed by atoms with van der Waals surface area (Å²) in [5.74, 6) is 0.911. The summed E-state index contributed by atoms with van der Waals surface area (Å²) in [6.07, 6.45) is 4.86. The normalized spacial score (nSPS) is 22.9. The van der Waals surface area contributed by atoms with Gasteiger partial charge in [-0.2, -0.15) is 0 Å². The summed E-state index contributed by atoms with van der Waals surface area (Å²) in [5.41, 5.74) is 0. The number of carbonyl (C=O) groups excluding carboxylic acids is 2. The standard InChI is InChI=1S/C10H13NO2S/c12-9-3-4-10(13)11(9)5-8-14-6-1-2-7-14/h1-2,6-7,14H,3-5,8H2. The van der Waals surface area contributed by atoms with Crippen LogP contribution in [-0.4, -0.2) is 29.0 Å². The van der Waals surface area contributed by atoms with Gasteiger partial charge in [0.05, 0.1) is 0 Å². The van der Waals surface area contributed by atoms with Gasteiger partial charge in [-0.15, -0.1) is 0 Å². The molecule has 1 fully saturated rings. The van der Waals surface area contributed by atoms with E-state index >= 15 is 0 Å². The summed E-state index contributed by atoms with van der Waals surface area (Å²) in [6, 6.07) is 0. The lowest BCUT2D eigenvalue weighted by Gasteiger charge is -2.16. The maximum atomic E-state index is 11.3. The smallest absolute Gasteiger partial charge is 0.229 e. The first-order valence-electron chi connectivity index (χ1n) is 4.71. The maximum Gasteiger partial charge on any atom is 0.229 e. The Kier molecular flexibility index (Phi) is 2.72. The van der Waals surface area contributed by atoms with Crippen LogP contribution in [0.4, 0.5) is 0 Å². The zero-order chi connectivity index (χ0) is 9.97. The highest BCUT2D eigenvalue weighted by Crippen LogP contribution is 2.32. The van der Waals surface area contributed by atoms with E-state index in [2.05, 4.69) is 10.8 Å². The first-order valence-corrected chi connectivity index (χ1v) is 6.38. The van der Waals surface area contributed by atoms with Gasteiger partial charge in [-0.25, -0.2) is 10.9 Å². The lowest BCUT2D eigenvalue weighted by molar-refractivity contribution is -0.137. The SMILES string of the molecule is O=C1CCC(=O)N1CC[SH]1C=CC=C1. The van der Waals surface area contributed by atoms with Gasteiger partial charge >= 0.3 is 0 Å². The van der Waals surface area contributed by atoms with Gasteiger partial charge in [0.25, 0.3) is 0 Å². The van der Waals surface area contributed by atoms with E-state index in [0.29, 0.717) is 19.4 Å². The lowest BCUT2D eigenvalue weighted by Crippen LogP contribution is -2.31. The van der Waals surface area contributed by atoms with Crippen LogP contribution in [0.15, 0.2) is 23.0 Å². The summed E-state index contributed by atoms with van der Waals surface area (Å²) in [6.45, 7) is 0.595. The van der Waals surface area contributed by atoms with E-state index < -0.39 is 0 Å². The third kappa shape index (κ3) is 1.90. The molecular weight excluding hydrogens is 198 g/mol. The van der Waals surface area contributed by atoms with Crippen LogP contribution in [0, 0.1) is 0 Å². The first-order chi connectivity index (χ1) is 6.77. The van der Waals surface area contributed by atoms with E-state index in [1.807, 2.05) is 12.2 Å². The molecule has 0 N–H and O–H groups in total. The second kappa shape index (κ2) is 4.00. The molecule has 0 unspecified atom stereocenters. The number of allylic oxidation sites excluding steroid dienone is 2. The molecule has 0 aromatic rings. The Hall–Kier alpha value is -1.03. The molecule has 0 aromatic heterocycles. The van der Waals surface area contributed by atoms with Crippen molar-refractivity contribution >= 4 is 22.7 Å². The topological polar surface area (TPSA) is 37.4 Å². The predicted octanol–water partition coefficient (Wildman–Crippen LogP) is 1.18. The molecule has 2 aliphatic rings. The molecule has 2 aliphatic heterocycles. The molecule has 3 nitrogen and oxygen atoms in total. The van der Waals surface area contributed by atoms with Gasteiger partial charge in [0.15, 0.2) is 0 Å². The lowest BCUT2D eigenvalue weighted by atomic mass is 10.4. The molecule has 14 heavy (non-hydrogen) atoms. The van der Waals surface area contributed by atoms with E-state index in [4.69, 9.17) is 0 Å². The summed E-state index contributed by atoms with van der Waals surface area (Å²) >= 11 is 0. The zero-order valence-corrected chi connectivity index (χ0v) is 8.74. The summed E-state index contributed by atoms with van der Waals surface area (Å²) in [7, 11) is -0.207. The Balaban J connectivity index is 1.85. The molecule has 0 radical (unpaired) electrons. The average molecular weight is 211 g/mol. The largest absolute Gasteiger partial charge is 0.282 e. The molecule has 76 valence electrons. The van der Waals surface area contributed by atoms with Crippen LogP contribution < -0.4 is 0 Å². The Bertz CT molecular complexity index is 294. The molecule has 0 bridgehead atoms. The van der Waals surface area contributed by atoms with Crippen molar-refractivity contribution in [3.63, 3.8) is 0 Å². The second-order valence-electron chi connectivity index (χ2n) is 3.36. The number of rotatable bonds is 3. The minimum atomic E-state index is -0.207. The predicted molar refractivity (Wildman–Crippen MR) is 58.1 cm³/mol. The Labute approximate surface area is 85.8 Å². The summed E-state index contributed by atoms with van der Waals surface area (Å²) in [4.78, 5) is 23.9.